The van der Waals surface area contributed by atoms with Crippen molar-refractivity contribution in [2.75, 3.05) is 0 Å². The van der Waals surface area contributed by atoms with Crippen LogP contribution in [-0.2, 0) is 0 Å². The SMILES string of the molecule is O=c1nc(Cl)[nH]c2cc([N+](=O)[O-])ccc12. The summed E-state index contributed by atoms with van der Waals surface area (Å²) in [5, 5.41) is 10.7. The minimum Gasteiger partial charge on any atom is -0.329 e. The van der Waals surface area contributed by atoms with Crippen LogP contribution in [0.15, 0.2) is 23.0 Å². The van der Waals surface area contributed by atoms with Gasteiger partial charge in [-0.05, 0) is 17.7 Å². The first-order valence-electron chi connectivity index (χ1n) is 3.92. The smallest absolute Gasteiger partial charge is 0.281 e. The zero-order valence-electron chi connectivity index (χ0n) is 7.23. The molecule has 6 nitrogen and oxygen atoms in total. The Hall–Kier alpha value is -1.95. The summed E-state index contributed by atoms with van der Waals surface area (Å²) in [6.45, 7) is 0. The molecule has 0 fully saturated rings. The standard InChI is InChI=1S/C8H4ClN3O3/c9-8-10-6-3-4(12(14)15)1-2-5(6)7(13)11-8/h1-3H,(H,10,11,13). The minimum atomic E-state index is -0.550. The summed E-state index contributed by atoms with van der Waals surface area (Å²) >= 11 is 5.52. The molecule has 0 atom stereocenters. The van der Waals surface area contributed by atoms with Gasteiger partial charge < -0.3 is 4.98 Å². The molecule has 2 aromatic rings. The molecular formula is C8H4ClN3O3. The summed E-state index contributed by atoms with van der Waals surface area (Å²) in [4.78, 5) is 27.3. The monoisotopic (exact) mass is 225 g/mol. The number of halogens is 1. The lowest BCUT2D eigenvalue weighted by Gasteiger charge is -1.97. The van der Waals surface area contributed by atoms with Crippen molar-refractivity contribution < 1.29 is 4.92 Å². The Balaban J connectivity index is 2.82. The fraction of sp³-hybridized carbons (Fsp3) is 0. The zero-order chi connectivity index (χ0) is 11.0. The number of non-ortho nitro benzene ring substituents is 1. The summed E-state index contributed by atoms with van der Waals surface area (Å²) in [5.41, 5.74) is -0.321. The van der Waals surface area contributed by atoms with Gasteiger partial charge in [0, 0.05) is 12.1 Å². The van der Waals surface area contributed by atoms with Gasteiger partial charge in [0.05, 0.1) is 15.8 Å². The van der Waals surface area contributed by atoms with Crippen LogP contribution in [0.2, 0.25) is 5.28 Å². The minimum absolute atomic E-state index is 0.0898. The molecule has 0 aliphatic heterocycles. The van der Waals surface area contributed by atoms with E-state index in [4.69, 9.17) is 11.6 Å². The van der Waals surface area contributed by atoms with Gasteiger partial charge >= 0.3 is 0 Å². The fourth-order valence-corrected chi connectivity index (χ4v) is 1.40. The molecule has 15 heavy (non-hydrogen) atoms. The highest BCUT2D eigenvalue weighted by Crippen LogP contribution is 2.17. The number of hydrogen-bond donors (Lipinski definition) is 1. The molecule has 1 heterocycles. The van der Waals surface area contributed by atoms with E-state index >= 15 is 0 Å². The van der Waals surface area contributed by atoms with Gasteiger partial charge in [-0.1, -0.05) is 0 Å². The maximum absolute atomic E-state index is 11.3. The molecule has 0 unspecified atom stereocenters. The molecule has 0 bridgehead atoms. The highest BCUT2D eigenvalue weighted by molar-refractivity contribution is 6.28. The third-order valence-electron chi connectivity index (χ3n) is 1.88. The molecule has 7 heteroatoms. The van der Waals surface area contributed by atoms with Crippen molar-refractivity contribution >= 4 is 28.2 Å². The first-order chi connectivity index (χ1) is 7.08. The van der Waals surface area contributed by atoms with E-state index < -0.39 is 10.5 Å². The molecule has 0 aliphatic rings. The van der Waals surface area contributed by atoms with Crippen LogP contribution in [0.5, 0.6) is 0 Å². The number of nitrogens with one attached hydrogen (secondary N) is 1. The molecule has 1 N–H and O–H groups in total. The van der Waals surface area contributed by atoms with Crippen LogP contribution in [0, 0.1) is 10.1 Å². The third kappa shape index (κ3) is 1.66. The quantitative estimate of drug-likeness (QED) is 0.452. The molecule has 1 aromatic carbocycles. The molecule has 2 rings (SSSR count). The number of hydrogen-bond acceptors (Lipinski definition) is 4. The van der Waals surface area contributed by atoms with Crippen LogP contribution in [0.3, 0.4) is 0 Å². The number of nitrogens with zero attached hydrogens (tertiary/aromatic N) is 2. The number of nitro benzene ring substituents is 1. The maximum atomic E-state index is 11.3. The number of rotatable bonds is 1. The molecule has 76 valence electrons. The van der Waals surface area contributed by atoms with E-state index in [-0.39, 0.29) is 16.4 Å². The van der Waals surface area contributed by atoms with Crippen molar-refractivity contribution in [2.45, 2.75) is 0 Å². The molecule has 0 saturated heterocycles. The number of aromatic amines is 1. The van der Waals surface area contributed by atoms with Crippen molar-refractivity contribution in [3.05, 3.63) is 44.0 Å². The lowest BCUT2D eigenvalue weighted by molar-refractivity contribution is -0.384. The van der Waals surface area contributed by atoms with E-state index in [2.05, 4.69) is 9.97 Å². The summed E-state index contributed by atoms with van der Waals surface area (Å²) in [5.74, 6) is 0. The lowest BCUT2D eigenvalue weighted by Crippen LogP contribution is -2.07. The third-order valence-corrected chi connectivity index (χ3v) is 2.06. The first kappa shape index (κ1) is 9.60. The number of nitro groups is 1. The predicted octanol–water partition coefficient (Wildman–Crippen LogP) is 1.48. The van der Waals surface area contributed by atoms with E-state index in [1.165, 1.54) is 18.2 Å². The molecule has 0 amide bonds. The Morgan fingerprint density at radius 3 is 2.87 bits per heavy atom. The average molecular weight is 226 g/mol. The molecule has 0 spiro atoms. The second kappa shape index (κ2) is 3.32. The van der Waals surface area contributed by atoms with E-state index in [1.807, 2.05) is 0 Å². The lowest BCUT2D eigenvalue weighted by atomic mass is 10.2. The maximum Gasteiger partial charge on any atom is 0.281 e. The number of fused-ring (bicyclic) bond motifs is 1. The van der Waals surface area contributed by atoms with Crippen LogP contribution in [0.4, 0.5) is 5.69 Å². The Kier molecular flexibility index (Phi) is 2.12. The zero-order valence-corrected chi connectivity index (χ0v) is 7.99. The highest BCUT2D eigenvalue weighted by Gasteiger charge is 2.09. The van der Waals surface area contributed by atoms with Crippen LogP contribution >= 0.6 is 11.6 Å². The van der Waals surface area contributed by atoms with Gasteiger partial charge in [0.15, 0.2) is 0 Å². The summed E-state index contributed by atoms with van der Waals surface area (Å²) in [6, 6.07) is 3.83. The van der Waals surface area contributed by atoms with Crippen LogP contribution in [-0.4, -0.2) is 14.9 Å². The number of H-pyrrole nitrogens is 1. The first-order valence-corrected chi connectivity index (χ1v) is 4.30. The second-order valence-electron chi connectivity index (χ2n) is 2.82. The molecular weight excluding hydrogens is 222 g/mol. The van der Waals surface area contributed by atoms with Gasteiger partial charge in [-0.2, -0.15) is 4.98 Å². The van der Waals surface area contributed by atoms with Gasteiger partial charge in [0.25, 0.3) is 11.2 Å². The topological polar surface area (TPSA) is 88.9 Å². The van der Waals surface area contributed by atoms with E-state index in [9.17, 15) is 14.9 Å². The van der Waals surface area contributed by atoms with E-state index in [0.717, 1.165) is 0 Å². The van der Waals surface area contributed by atoms with Crippen molar-refractivity contribution in [1.29, 1.82) is 0 Å². The van der Waals surface area contributed by atoms with E-state index in [1.54, 1.807) is 0 Å². The number of benzene rings is 1. The predicted molar refractivity (Wildman–Crippen MR) is 54.0 cm³/mol. The molecule has 0 radical (unpaired) electrons. The summed E-state index contributed by atoms with van der Waals surface area (Å²) in [7, 11) is 0. The Bertz CT molecular complexity index is 608. The average Bonchev–Trinajstić information content (AvgIpc) is 2.16. The van der Waals surface area contributed by atoms with Crippen LogP contribution < -0.4 is 5.56 Å². The van der Waals surface area contributed by atoms with Gasteiger partial charge in [-0.3, -0.25) is 14.9 Å². The fourth-order valence-electron chi connectivity index (χ4n) is 1.22. The molecule has 1 aromatic heterocycles. The van der Waals surface area contributed by atoms with Gasteiger partial charge in [-0.15, -0.1) is 0 Å². The number of aromatic nitrogens is 2. The Morgan fingerprint density at radius 2 is 2.20 bits per heavy atom. The largest absolute Gasteiger partial charge is 0.329 e. The van der Waals surface area contributed by atoms with E-state index in [0.29, 0.717) is 5.52 Å². The van der Waals surface area contributed by atoms with Crippen molar-refractivity contribution in [3.8, 4) is 0 Å². The highest BCUT2D eigenvalue weighted by atomic mass is 35.5. The van der Waals surface area contributed by atoms with Gasteiger partial charge in [-0.25, -0.2) is 0 Å². The normalized spacial score (nSPS) is 10.5. The molecule has 0 saturated carbocycles. The summed E-state index contributed by atoms with van der Waals surface area (Å²) < 4.78 is 0. The Labute approximate surface area is 87.7 Å². The van der Waals surface area contributed by atoms with Gasteiger partial charge in [0.2, 0.25) is 5.28 Å². The second-order valence-corrected chi connectivity index (χ2v) is 3.18. The van der Waals surface area contributed by atoms with Crippen molar-refractivity contribution in [3.63, 3.8) is 0 Å². The van der Waals surface area contributed by atoms with Crippen molar-refractivity contribution in [2.24, 2.45) is 0 Å². The van der Waals surface area contributed by atoms with Crippen LogP contribution in [0.1, 0.15) is 0 Å². The van der Waals surface area contributed by atoms with Crippen LogP contribution in [0.25, 0.3) is 10.9 Å². The molecule has 0 aliphatic carbocycles. The van der Waals surface area contributed by atoms with Crippen molar-refractivity contribution in [1.82, 2.24) is 9.97 Å². The van der Waals surface area contributed by atoms with Gasteiger partial charge in [0.1, 0.15) is 0 Å². The Morgan fingerprint density at radius 1 is 1.47 bits per heavy atom. The summed E-state index contributed by atoms with van der Waals surface area (Å²) in [6.07, 6.45) is 0.